The van der Waals surface area contributed by atoms with Crippen molar-refractivity contribution in [3.8, 4) is 0 Å². The molecule has 0 aromatic heterocycles. The van der Waals surface area contributed by atoms with E-state index >= 15 is 0 Å². The first-order chi connectivity index (χ1) is 8.33. The third kappa shape index (κ3) is 1.49. The van der Waals surface area contributed by atoms with Crippen molar-refractivity contribution in [2.24, 2.45) is 0 Å². The second kappa shape index (κ2) is 3.99. The van der Waals surface area contributed by atoms with E-state index in [0.29, 0.717) is 0 Å². The third-order valence-corrected chi connectivity index (χ3v) is 3.60. The van der Waals surface area contributed by atoms with Crippen LogP contribution < -0.4 is 0 Å². The number of allylic oxidation sites excluding steroid dienone is 1. The number of fused-ring (bicyclic) bond motifs is 2. The normalized spacial score (nSPS) is 14.0. The van der Waals surface area contributed by atoms with Gasteiger partial charge in [-0.15, -0.1) is 0 Å². The van der Waals surface area contributed by atoms with Gasteiger partial charge in [-0.1, -0.05) is 43.3 Å². The predicted molar refractivity (Wildman–Crippen MR) is 70.6 cm³/mol. The number of hydrogen-bond acceptors (Lipinski definition) is 0. The van der Waals surface area contributed by atoms with E-state index in [1.807, 2.05) is 24.3 Å². The van der Waals surface area contributed by atoms with E-state index in [-0.39, 0.29) is 5.82 Å². The van der Waals surface area contributed by atoms with E-state index in [2.05, 4.69) is 19.1 Å². The largest absolute Gasteiger partial charge is 0.206 e. The maximum Gasteiger partial charge on any atom is 0.134 e. The second-order valence-electron chi connectivity index (χ2n) is 4.52. The summed E-state index contributed by atoms with van der Waals surface area (Å²) in [7, 11) is 0. The molecule has 0 heterocycles. The smallest absolute Gasteiger partial charge is 0.134 e. The summed E-state index contributed by atoms with van der Waals surface area (Å²) in [6.45, 7) is 2.14. The van der Waals surface area contributed by atoms with Gasteiger partial charge in [0, 0.05) is 5.39 Å². The maximum atomic E-state index is 14.4. The summed E-state index contributed by atoms with van der Waals surface area (Å²) in [4.78, 5) is 0. The standard InChI is InChI=1S/C16H15F/c1-2-11-12-7-3-5-9-14(12)16(17)15-10-6-4-8-13(11)15/h3-5,7-9H,2,6,10H2,1H3. The van der Waals surface area contributed by atoms with Crippen molar-refractivity contribution >= 4 is 16.8 Å². The Bertz CT molecular complexity index is 608. The Kier molecular flexibility index (Phi) is 2.47. The molecule has 0 amide bonds. The molecule has 0 atom stereocenters. The molecule has 0 bridgehead atoms. The molecule has 0 nitrogen and oxygen atoms in total. The van der Waals surface area contributed by atoms with Crippen molar-refractivity contribution in [3.63, 3.8) is 0 Å². The van der Waals surface area contributed by atoms with E-state index in [0.717, 1.165) is 41.2 Å². The quantitative estimate of drug-likeness (QED) is 0.671. The molecule has 0 unspecified atom stereocenters. The Hall–Kier alpha value is -1.63. The molecule has 0 saturated carbocycles. The Balaban J connectivity index is 2.48. The lowest BCUT2D eigenvalue weighted by Gasteiger charge is -2.18. The minimum atomic E-state index is -0.0165. The van der Waals surface area contributed by atoms with Crippen molar-refractivity contribution in [1.82, 2.24) is 0 Å². The van der Waals surface area contributed by atoms with Crippen molar-refractivity contribution in [1.29, 1.82) is 0 Å². The summed E-state index contributed by atoms with van der Waals surface area (Å²) in [5.74, 6) is -0.0165. The summed E-state index contributed by atoms with van der Waals surface area (Å²) >= 11 is 0. The van der Waals surface area contributed by atoms with Crippen LogP contribution in [0.15, 0.2) is 30.3 Å². The van der Waals surface area contributed by atoms with E-state index in [1.165, 1.54) is 5.56 Å². The molecule has 3 rings (SSSR count). The van der Waals surface area contributed by atoms with Gasteiger partial charge >= 0.3 is 0 Å². The Labute approximate surface area is 101 Å². The van der Waals surface area contributed by atoms with Crippen LogP contribution in [0, 0.1) is 5.82 Å². The van der Waals surface area contributed by atoms with Crippen molar-refractivity contribution in [2.75, 3.05) is 0 Å². The summed E-state index contributed by atoms with van der Waals surface area (Å²) in [6.07, 6.45) is 6.97. The lowest BCUT2D eigenvalue weighted by molar-refractivity contribution is 0.619. The van der Waals surface area contributed by atoms with Crippen LogP contribution in [-0.2, 0) is 12.8 Å². The molecule has 0 N–H and O–H groups in total. The van der Waals surface area contributed by atoms with Crippen LogP contribution >= 0.6 is 0 Å². The molecule has 0 fully saturated rings. The van der Waals surface area contributed by atoms with E-state index in [4.69, 9.17) is 0 Å². The van der Waals surface area contributed by atoms with Gasteiger partial charge < -0.3 is 0 Å². The summed E-state index contributed by atoms with van der Waals surface area (Å²) in [5.41, 5.74) is 3.31. The molecule has 1 heteroatoms. The predicted octanol–water partition coefficient (Wildman–Crippen LogP) is 4.50. The monoisotopic (exact) mass is 226 g/mol. The van der Waals surface area contributed by atoms with Crippen LogP contribution in [0.1, 0.15) is 30.0 Å². The zero-order valence-electron chi connectivity index (χ0n) is 9.96. The van der Waals surface area contributed by atoms with Gasteiger partial charge in [-0.05, 0) is 41.3 Å². The Morgan fingerprint density at radius 3 is 2.71 bits per heavy atom. The Morgan fingerprint density at radius 1 is 1.18 bits per heavy atom. The van der Waals surface area contributed by atoms with Crippen molar-refractivity contribution < 1.29 is 4.39 Å². The van der Waals surface area contributed by atoms with Crippen LogP contribution in [0.25, 0.3) is 16.8 Å². The molecule has 0 aliphatic heterocycles. The van der Waals surface area contributed by atoms with Gasteiger partial charge in [-0.2, -0.15) is 0 Å². The Morgan fingerprint density at radius 2 is 1.94 bits per heavy atom. The van der Waals surface area contributed by atoms with Crippen molar-refractivity contribution in [3.05, 3.63) is 52.8 Å². The number of rotatable bonds is 1. The first kappa shape index (κ1) is 10.5. The van der Waals surface area contributed by atoms with Crippen LogP contribution in [-0.4, -0.2) is 0 Å². The zero-order chi connectivity index (χ0) is 11.8. The third-order valence-electron chi connectivity index (χ3n) is 3.60. The van der Waals surface area contributed by atoms with E-state index < -0.39 is 0 Å². The number of aryl methyl sites for hydroxylation is 1. The minimum absolute atomic E-state index is 0.0165. The molecule has 2 aromatic carbocycles. The van der Waals surface area contributed by atoms with Gasteiger partial charge in [0.2, 0.25) is 0 Å². The van der Waals surface area contributed by atoms with Gasteiger partial charge in [0.05, 0.1) is 0 Å². The molecular weight excluding hydrogens is 211 g/mol. The first-order valence-electron chi connectivity index (χ1n) is 6.21. The highest BCUT2D eigenvalue weighted by Gasteiger charge is 2.17. The molecule has 0 spiro atoms. The lowest BCUT2D eigenvalue weighted by Crippen LogP contribution is -2.04. The zero-order valence-corrected chi connectivity index (χ0v) is 9.96. The highest BCUT2D eigenvalue weighted by atomic mass is 19.1. The number of hydrogen-bond donors (Lipinski definition) is 0. The van der Waals surface area contributed by atoms with Gasteiger partial charge in [0.15, 0.2) is 0 Å². The first-order valence-corrected chi connectivity index (χ1v) is 6.21. The average molecular weight is 226 g/mol. The summed E-state index contributed by atoms with van der Waals surface area (Å²) in [5, 5.41) is 1.84. The van der Waals surface area contributed by atoms with Crippen LogP contribution in [0.3, 0.4) is 0 Å². The highest BCUT2D eigenvalue weighted by Crippen LogP contribution is 2.33. The highest BCUT2D eigenvalue weighted by molar-refractivity contribution is 5.91. The summed E-state index contributed by atoms with van der Waals surface area (Å²) in [6, 6.07) is 7.82. The fraction of sp³-hybridized carbons (Fsp3) is 0.250. The van der Waals surface area contributed by atoms with Crippen LogP contribution in [0.4, 0.5) is 4.39 Å². The van der Waals surface area contributed by atoms with Crippen LogP contribution in [0.5, 0.6) is 0 Å². The molecular formula is C16H15F. The van der Waals surface area contributed by atoms with Crippen molar-refractivity contribution in [2.45, 2.75) is 26.2 Å². The molecule has 1 aliphatic rings. The number of halogens is 1. The fourth-order valence-corrected chi connectivity index (χ4v) is 2.80. The van der Waals surface area contributed by atoms with E-state index in [9.17, 15) is 4.39 Å². The van der Waals surface area contributed by atoms with Gasteiger partial charge in [-0.25, -0.2) is 4.39 Å². The molecule has 2 aromatic rings. The topological polar surface area (TPSA) is 0 Å². The van der Waals surface area contributed by atoms with Gasteiger partial charge in [0.25, 0.3) is 0 Å². The maximum absolute atomic E-state index is 14.4. The molecule has 17 heavy (non-hydrogen) atoms. The molecule has 1 aliphatic carbocycles. The van der Waals surface area contributed by atoms with Gasteiger partial charge in [-0.3, -0.25) is 0 Å². The minimum Gasteiger partial charge on any atom is -0.206 e. The summed E-state index contributed by atoms with van der Waals surface area (Å²) < 4.78 is 14.4. The number of benzene rings is 2. The molecule has 86 valence electrons. The average Bonchev–Trinajstić information content (AvgIpc) is 2.40. The second-order valence-corrected chi connectivity index (χ2v) is 4.52. The molecule has 0 saturated heterocycles. The van der Waals surface area contributed by atoms with E-state index in [1.54, 1.807) is 0 Å². The fourth-order valence-electron chi connectivity index (χ4n) is 2.80. The molecule has 0 radical (unpaired) electrons. The SMILES string of the molecule is CCc1c2c(c(F)c3ccccc13)CCC=C2. The van der Waals surface area contributed by atoms with Crippen LogP contribution in [0.2, 0.25) is 0 Å². The van der Waals surface area contributed by atoms with Gasteiger partial charge in [0.1, 0.15) is 5.82 Å². The lowest BCUT2D eigenvalue weighted by atomic mass is 9.87.